The normalized spacial score (nSPS) is 17.2. The van der Waals surface area contributed by atoms with E-state index in [2.05, 4.69) is 5.32 Å². The topological polar surface area (TPSA) is 84.5 Å². The molecular weight excluding hydrogens is 433 g/mol. The second-order valence-electron chi connectivity index (χ2n) is 6.31. The number of nitrogens with one attached hydrogen (secondary N) is 2. The summed E-state index contributed by atoms with van der Waals surface area (Å²) in [5, 5.41) is 2.49. The molecule has 2 aromatic carbocycles. The minimum absolute atomic E-state index is 0.121. The Labute approximate surface area is 170 Å². The van der Waals surface area contributed by atoms with Crippen LogP contribution in [0.1, 0.15) is 18.4 Å². The molecule has 1 aliphatic heterocycles. The van der Waals surface area contributed by atoms with Crippen molar-refractivity contribution in [2.75, 3.05) is 16.6 Å². The number of ether oxygens (including phenoxy) is 1. The minimum Gasteiger partial charge on any atom is -0.368 e. The van der Waals surface area contributed by atoms with E-state index in [9.17, 15) is 26.4 Å². The van der Waals surface area contributed by atoms with Crippen LogP contribution in [0.3, 0.4) is 0 Å². The van der Waals surface area contributed by atoms with Crippen molar-refractivity contribution in [3.63, 3.8) is 0 Å². The van der Waals surface area contributed by atoms with Crippen molar-refractivity contribution in [2.45, 2.75) is 30.0 Å². The first-order valence-corrected chi connectivity index (χ1v) is 10.3. The van der Waals surface area contributed by atoms with E-state index in [-0.39, 0.29) is 15.6 Å². The molecule has 0 unspecified atom stereocenters. The van der Waals surface area contributed by atoms with Crippen LogP contribution in [0.15, 0.2) is 47.4 Å². The molecule has 2 aromatic rings. The zero-order valence-corrected chi connectivity index (χ0v) is 16.4. The summed E-state index contributed by atoms with van der Waals surface area (Å²) in [6, 6.07) is 7.92. The van der Waals surface area contributed by atoms with Crippen LogP contribution in [0.5, 0.6) is 0 Å². The van der Waals surface area contributed by atoms with Gasteiger partial charge in [-0.25, -0.2) is 8.42 Å². The maximum Gasteiger partial charge on any atom is 0.418 e. The summed E-state index contributed by atoms with van der Waals surface area (Å²) < 4.78 is 72.6. The van der Waals surface area contributed by atoms with Crippen LogP contribution in [-0.4, -0.2) is 27.0 Å². The van der Waals surface area contributed by atoms with Crippen LogP contribution < -0.4 is 10.0 Å². The quantitative estimate of drug-likeness (QED) is 0.715. The molecule has 2 N–H and O–H groups in total. The summed E-state index contributed by atoms with van der Waals surface area (Å²) in [4.78, 5) is 11.8. The van der Waals surface area contributed by atoms with Crippen LogP contribution in [0, 0.1) is 0 Å². The van der Waals surface area contributed by atoms with Crippen LogP contribution >= 0.6 is 11.6 Å². The molecule has 1 aliphatic rings. The van der Waals surface area contributed by atoms with Crippen molar-refractivity contribution in [1.82, 2.24) is 0 Å². The van der Waals surface area contributed by atoms with Gasteiger partial charge in [0.15, 0.2) is 0 Å². The van der Waals surface area contributed by atoms with Gasteiger partial charge in [-0.15, -0.1) is 0 Å². The van der Waals surface area contributed by atoms with E-state index in [1.54, 1.807) is 0 Å². The molecule has 3 rings (SSSR count). The Kier molecular flexibility index (Phi) is 6.06. The van der Waals surface area contributed by atoms with Crippen molar-refractivity contribution in [3.05, 3.63) is 53.1 Å². The van der Waals surface area contributed by atoms with Gasteiger partial charge < -0.3 is 10.1 Å². The first-order valence-electron chi connectivity index (χ1n) is 8.48. The van der Waals surface area contributed by atoms with Gasteiger partial charge in [0.2, 0.25) is 0 Å². The Balaban J connectivity index is 1.89. The van der Waals surface area contributed by atoms with Crippen LogP contribution in [0.4, 0.5) is 24.5 Å². The van der Waals surface area contributed by atoms with E-state index >= 15 is 0 Å². The van der Waals surface area contributed by atoms with Gasteiger partial charge in [-0.1, -0.05) is 17.7 Å². The van der Waals surface area contributed by atoms with Crippen LogP contribution in [0.2, 0.25) is 5.02 Å². The molecule has 0 spiro atoms. The van der Waals surface area contributed by atoms with Gasteiger partial charge in [0.05, 0.1) is 16.1 Å². The zero-order chi connectivity index (χ0) is 21.2. The van der Waals surface area contributed by atoms with Crippen LogP contribution in [-0.2, 0) is 25.7 Å². The molecule has 0 saturated carbocycles. The predicted molar refractivity (Wildman–Crippen MR) is 101 cm³/mol. The number of hydrogen-bond donors (Lipinski definition) is 2. The monoisotopic (exact) mass is 448 g/mol. The maximum atomic E-state index is 13.5. The molecule has 0 aromatic heterocycles. The predicted octanol–water partition coefficient (Wildman–Crippen LogP) is 4.28. The molecule has 0 bridgehead atoms. The Bertz CT molecular complexity index is 1020. The van der Waals surface area contributed by atoms with E-state index in [1.165, 1.54) is 24.3 Å². The average Bonchev–Trinajstić information content (AvgIpc) is 3.17. The molecular formula is C18H16ClF3N2O4S. The largest absolute Gasteiger partial charge is 0.418 e. The average molecular weight is 449 g/mol. The molecule has 11 heteroatoms. The molecule has 1 atom stereocenters. The van der Waals surface area contributed by atoms with Gasteiger partial charge in [0, 0.05) is 17.3 Å². The Morgan fingerprint density at radius 3 is 2.55 bits per heavy atom. The molecule has 1 heterocycles. The lowest BCUT2D eigenvalue weighted by molar-refractivity contribution is -0.137. The van der Waals surface area contributed by atoms with Gasteiger partial charge in [-0.05, 0) is 49.2 Å². The van der Waals surface area contributed by atoms with E-state index in [0.717, 1.165) is 12.1 Å². The molecule has 1 saturated heterocycles. The fourth-order valence-electron chi connectivity index (χ4n) is 2.79. The lowest BCUT2D eigenvalue weighted by Gasteiger charge is -2.17. The van der Waals surface area contributed by atoms with E-state index < -0.39 is 39.5 Å². The second-order valence-corrected chi connectivity index (χ2v) is 8.43. The van der Waals surface area contributed by atoms with Crippen molar-refractivity contribution < 1.29 is 31.1 Å². The van der Waals surface area contributed by atoms with Crippen molar-refractivity contribution >= 4 is 38.9 Å². The van der Waals surface area contributed by atoms with E-state index in [1.807, 2.05) is 4.72 Å². The molecule has 6 nitrogen and oxygen atoms in total. The number of amides is 1. The maximum absolute atomic E-state index is 13.5. The highest BCUT2D eigenvalue weighted by Gasteiger charge is 2.35. The molecule has 0 radical (unpaired) electrons. The number of carbonyl (C=O) groups is 1. The van der Waals surface area contributed by atoms with Crippen molar-refractivity contribution in [2.24, 2.45) is 0 Å². The summed E-state index contributed by atoms with van der Waals surface area (Å²) in [5.74, 6) is -0.553. The third kappa shape index (κ3) is 5.20. The second kappa shape index (κ2) is 8.21. The number of rotatable bonds is 5. The molecule has 0 aliphatic carbocycles. The number of sulfonamides is 1. The smallest absolute Gasteiger partial charge is 0.368 e. The highest BCUT2D eigenvalue weighted by atomic mass is 35.5. The van der Waals surface area contributed by atoms with Gasteiger partial charge in [0.1, 0.15) is 6.10 Å². The van der Waals surface area contributed by atoms with E-state index in [0.29, 0.717) is 25.5 Å². The zero-order valence-electron chi connectivity index (χ0n) is 14.8. The summed E-state index contributed by atoms with van der Waals surface area (Å²) in [7, 11) is -4.31. The summed E-state index contributed by atoms with van der Waals surface area (Å²) in [6.45, 7) is 0.413. The Hall–Kier alpha value is -2.30. The minimum atomic E-state index is -4.86. The Morgan fingerprint density at radius 2 is 1.93 bits per heavy atom. The number of alkyl halides is 3. The highest BCUT2D eigenvalue weighted by molar-refractivity contribution is 7.92. The molecule has 29 heavy (non-hydrogen) atoms. The fraction of sp³-hybridized carbons (Fsp3) is 0.278. The lowest BCUT2D eigenvalue weighted by atomic mass is 10.1. The number of anilines is 2. The molecule has 1 fully saturated rings. The SMILES string of the molecule is O=C(Nc1ccc(NS(=O)(=O)c2cccc(Cl)c2)c(C(F)(F)F)c1)[C@@H]1CCCO1. The highest BCUT2D eigenvalue weighted by Crippen LogP contribution is 2.37. The lowest BCUT2D eigenvalue weighted by Crippen LogP contribution is -2.27. The number of benzene rings is 2. The van der Waals surface area contributed by atoms with Gasteiger partial charge in [-0.2, -0.15) is 13.2 Å². The fourth-order valence-corrected chi connectivity index (χ4v) is 4.17. The van der Waals surface area contributed by atoms with Gasteiger partial charge >= 0.3 is 6.18 Å². The Morgan fingerprint density at radius 1 is 1.17 bits per heavy atom. The number of carbonyl (C=O) groups excluding carboxylic acids is 1. The standard InChI is InChI=1S/C18H16ClF3N2O4S/c19-11-3-1-4-13(9-11)29(26,27)24-15-7-6-12(10-14(15)18(20,21)22)23-17(25)16-5-2-8-28-16/h1,3-4,6-7,9-10,16,24H,2,5,8H2,(H,23,25)/t16-/m0/s1. The van der Waals surface area contributed by atoms with Gasteiger partial charge in [-0.3, -0.25) is 9.52 Å². The van der Waals surface area contributed by atoms with Gasteiger partial charge in [0.25, 0.3) is 15.9 Å². The molecule has 1 amide bonds. The van der Waals surface area contributed by atoms with Crippen molar-refractivity contribution in [1.29, 1.82) is 0 Å². The molecule has 156 valence electrons. The number of halogens is 4. The first-order chi connectivity index (χ1) is 13.6. The summed E-state index contributed by atoms with van der Waals surface area (Å²) >= 11 is 5.76. The van der Waals surface area contributed by atoms with E-state index in [4.69, 9.17) is 16.3 Å². The van der Waals surface area contributed by atoms with Crippen LogP contribution in [0.25, 0.3) is 0 Å². The number of hydrogen-bond acceptors (Lipinski definition) is 4. The summed E-state index contributed by atoms with van der Waals surface area (Å²) in [5.41, 5.74) is -2.04. The third-order valence-electron chi connectivity index (χ3n) is 4.17. The van der Waals surface area contributed by atoms with Crippen molar-refractivity contribution in [3.8, 4) is 0 Å². The third-order valence-corrected chi connectivity index (χ3v) is 5.76. The summed E-state index contributed by atoms with van der Waals surface area (Å²) in [6.07, 6.45) is -4.41. The first kappa shape index (κ1) is 21.4.